The van der Waals surface area contributed by atoms with Crippen molar-refractivity contribution in [2.45, 2.75) is 25.9 Å². The van der Waals surface area contributed by atoms with Gasteiger partial charge in [0, 0.05) is 33.4 Å². The minimum atomic E-state index is -0.740. The van der Waals surface area contributed by atoms with Crippen molar-refractivity contribution in [2.75, 3.05) is 6.61 Å². The fourth-order valence-electron chi connectivity index (χ4n) is 5.10. The molecule has 1 heterocycles. The van der Waals surface area contributed by atoms with Crippen LogP contribution in [-0.2, 0) is 16.8 Å². The Morgan fingerprint density at radius 2 is 1.48 bits per heavy atom. The second kappa shape index (κ2) is 8.28. The smallest absolute Gasteiger partial charge is 0.342 e. The fraction of sp³-hybridized carbons (Fsp3) is 0.207. The van der Waals surface area contributed by atoms with Crippen LogP contribution in [0.1, 0.15) is 40.9 Å². The quantitative estimate of drug-likeness (QED) is 0.383. The van der Waals surface area contributed by atoms with Gasteiger partial charge in [-0.2, -0.15) is 0 Å². The molecule has 4 aromatic rings. The van der Waals surface area contributed by atoms with E-state index < -0.39 is 11.6 Å². The van der Waals surface area contributed by atoms with E-state index in [0.29, 0.717) is 23.1 Å². The lowest BCUT2D eigenvalue weighted by atomic mass is 9.72. The Kier molecular flexibility index (Phi) is 5.29. The molecule has 0 aromatic heterocycles. The summed E-state index contributed by atoms with van der Waals surface area (Å²) in [5.74, 6) is 0.0206. The van der Waals surface area contributed by atoms with Crippen LogP contribution in [0.15, 0.2) is 84.9 Å². The summed E-state index contributed by atoms with van der Waals surface area (Å²) in [5.41, 5.74) is 2.20. The third-order valence-corrected chi connectivity index (χ3v) is 6.59. The molecule has 1 aliphatic heterocycles. The lowest BCUT2D eigenvalue weighted by molar-refractivity contribution is 0.0354. The van der Waals surface area contributed by atoms with E-state index in [4.69, 9.17) is 9.47 Å². The first-order valence-electron chi connectivity index (χ1n) is 11.3. The van der Waals surface area contributed by atoms with E-state index in [-0.39, 0.29) is 23.8 Å². The van der Waals surface area contributed by atoms with Gasteiger partial charge in [-0.3, -0.25) is 0 Å². The van der Waals surface area contributed by atoms with Crippen molar-refractivity contribution in [1.82, 2.24) is 0 Å². The van der Waals surface area contributed by atoms with Gasteiger partial charge in [-0.1, -0.05) is 91.9 Å². The highest BCUT2D eigenvalue weighted by atomic mass is 16.5. The van der Waals surface area contributed by atoms with Crippen molar-refractivity contribution in [3.8, 4) is 11.5 Å². The Bertz CT molecular complexity index is 1270. The highest BCUT2D eigenvalue weighted by molar-refractivity contribution is 6.10. The molecule has 0 spiro atoms. The molecule has 0 bridgehead atoms. The topological polar surface area (TPSA) is 55.8 Å². The molecule has 1 aliphatic rings. The number of phenolic OH excluding ortho intramolecular Hbond substituents is 1. The number of benzene rings is 4. The van der Waals surface area contributed by atoms with E-state index in [1.807, 2.05) is 60.7 Å². The minimum Gasteiger partial charge on any atom is -0.507 e. The Morgan fingerprint density at radius 3 is 2.06 bits per heavy atom. The van der Waals surface area contributed by atoms with Crippen molar-refractivity contribution >= 4 is 16.7 Å². The molecule has 4 nitrogen and oxygen atoms in total. The van der Waals surface area contributed by atoms with Gasteiger partial charge in [0.05, 0.1) is 6.61 Å². The molecule has 0 aliphatic carbocycles. The summed E-state index contributed by atoms with van der Waals surface area (Å²) in [6.07, 6.45) is 0.544. The molecule has 1 N–H and O–H groups in total. The first-order chi connectivity index (χ1) is 16.1. The second-order valence-electron chi connectivity index (χ2n) is 8.47. The number of phenols is 1. The molecule has 1 unspecified atom stereocenters. The number of rotatable bonds is 4. The van der Waals surface area contributed by atoms with E-state index in [2.05, 4.69) is 31.2 Å². The van der Waals surface area contributed by atoms with Gasteiger partial charge in [-0.05, 0) is 13.3 Å². The van der Waals surface area contributed by atoms with Gasteiger partial charge in [-0.15, -0.1) is 0 Å². The first kappa shape index (κ1) is 21.1. The molecule has 0 saturated carbocycles. The maximum absolute atomic E-state index is 12.8. The summed E-state index contributed by atoms with van der Waals surface area (Å²) in [4.78, 5) is 12.8. The molecule has 0 radical (unpaired) electrons. The average molecular weight is 439 g/mol. The highest BCUT2D eigenvalue weighted by Gasteiger charge is 2.47. The monoisotopic (exact) mass is 438 g/mol. The van der Waals surface area contributed by atoms with Crippen LogP contribution < -0.4 is 4.74 Å². The molecule has 5 rings (SSSR count). The zero-order chi connectivity index (χ0) is 23.0. The summed E-state index contributed by atoms with van der Waals surface area (Å²) >= 11 is 0. The molecule has 33 heavy (non-hydrogen) atoms. The standard InChI is InChI=1S/C29H26O4/c1-3-32-28(31)25-22-16-10-11-17-23(22)27-24(26(25)30)18-19(2)29(33-27,20-12-6-4-7-13-20)21-14-8-5-9-15-21/h4-17,19,30H,3,18H2,1-2H3. The predicted molar refractivity (Wildman–Crippen MR) is 129 cm³/mol. The zero-order valence-electron chi connectivity index (χ0n) is 18.7. The minimum absolute atomic E-state index is 0.0168. The number of carbonyl (C=O) groups is 1. The summed E-state index contributed by atoms with van der Waals surface area (Å²) in [5, 5.41) is 12.7. The van der Waals surface area contributed by atoms with Crippen LogP contribution in [0.3, 0.4) is 0 Å². The van der Waals surface area contributed by atoms with Gasteiger partial charge in [0.2, 0.25) is 0 Å². The number of aromatic hydroxyl groups is 1. The summed E-state index contributed by atoms with van der Waals surface area (Å²) in [6.45, 7) is 4.12. The van der Waals surface area contributed by atoms with Crippen LogP contribution in [0, 0.1) is 5.92 Å². The van der Waals surface area contributed by atoms with Crippen LogP contribution >= 0.6 is 0 Å². The Morgan fingerprint density at radius 1 is 0.939 bits per heavy atom. The van der Waals surface area contributed by atoms with Crippen LogP contribution in [0.25, 0.3) is 10.8 Å². The number of fused-ring (bicyclic) bond motifs is 3. The number of esters is 1. The largest absolute Gasteiger partial charge is 0.507 e. The third-order valence-electron chi connectivity index (χ3n) is 6.59. The number of hydrogen-bond donors (Lipinski definition) is 1. The van der Waals surface area contributed by atoms with Crippen LogP contribution in [0.2, 0.25) is 0 Å². The van der Waals surface area contributed by atoms with E-state index in [1.165, 1.54) is 0 Å². The molecular formula is C29H26O4. The summed E-state index contributed by atoms with van der Waals surface area (Å²) < 4.78 is 12.3. The lowest BCUT2D eigenvalue weighted by Gasteiger charge is -2.45. The SMILES string of the molecule is CCOC(=O)c1c(O)c2c(c3ccccc13)OC(c1ccccc1)(c1ccccc1)C(C)C2. The summed E-state index contributed by atoms with van der Waals surface area (Å²) in [7, 11) is 0. The van der Waals surface area contributed by atoms with Gasteiger partial charge in [0.15, 0.2) is 5.60 Å². The fourth-order valence-corrected chi connectivity index (χ4v) is 5.10. The Labute approximate surface area is 193 Å². The van der Waals surface area contributed by atoms with Crippen LogP contribution in [-0.4, -0.2) is 17.7 Å². The molecule has 166 valence electrons. The Hall–Kier alpha value is -3.79. The number of hydrogen-bond acceptors (Lipinski definition) is 4. The number of ether oxygens (including phenoxy) is 2. The van der Waals surface area contributed by atoms with Crippen molar-refractivity contribution < 1.29 is 19.4 Å². The molecule has 0 saturated heterocycles. The van der Waals surface area contributed by atoms with Gasteiger partial charge >= 0.3 is 5.97 Å². The summed E-state index contributed by atoms with van der Waals surface area (Å²) in [6, 6.07) is 28.0. The van der Waals surface area contributed by atoms with Crippen LogP contribution in [0.4, 0.5) is 0 Å². The Balaban J connectivity index is 1.80. The first-order valence-corrected chi connectivity index (χ1v) is 11.3. The van der Waals surface area contributed by atoms with Crippen LogP contribution in [0.5, 0.6) is 11.5 Å². The number of carbonyl (C=O) groups excluding carboxylic acids is 1. The molecule has 4 aromatic carbocycles. The van der Waals surface area contributed by atoms with Gasteiger partial charge in [0.1, 0.15) is 17.1 Å². The molecule has 4 heteroatoms. The highest BCUT2D eigenvalue weighted by Crippen LogP contribution is 2.53. The van der Waals surface area contributed by atoms with Gasteiger partial charge in [-0.25, -0.2) is 4.79 Å². The van der Waals surface area contributed by atoms with Gasteiger partial charge < -0.3 is 14.6 Å². The van der Waals surface area contributed by atoms with E-state index >= 15 is 0 Å². The van der Waals surface area contributed by atoms with Crippen molar-refractivity contribution in [3.05, 3.63) is 107 Å². The van der Waals surface area contributed by atoms with Crippen molar-refractivity contribution in [1.29, 1.82) is 0 Å². The predicted octanol–water partition coefficient (Wildman–Crippen LogP) is 6.24. The maximum atomic E-state index is 12.8. The van der Waals surface area contributed by atoms with E-state index in [0.717, 1.165) is 16.5 Å². The zero-order valence-corrected chi connectivity index (χ0v) is 18.7. The van der Waals surface area contributed by atoms with Crippen molar-refractivity contribution in [3.63, 3.8) is 0 Å². The average Bonchev–Trinajstić information content (AvgIpc) is 2.85. The molecule has 1 atom stereocenters. The van der Waals surface area contributed by atoms with Crippen molar-refractivity contribution in [2.24, 2.45) is 5.92 Å². The molecule has 0 amide bonds. The maximum Gasteiger partial charge on any atom is 0.342 e. The normalized spacial score (nSPS) is 16.6. The second-order valence-corrected chi connectivity index (χ2v) is 8.47. The molecule has 0 fully saturated rings. The van der Waals surface area contributed by atoms with Gasteiger partial charge in [0.25, 0.3) is 0 Å². The van der Waals surface area contributed by atoms with E-state index in [9.17, 15) is 9.90 Å². The third kappa shape index (κ3) is 3.25. The lowest BCUT2D eigenvalue weighted by Crippen LogP contribution is -2.45. The molecular weight excluding hydrogens is 412 g/mol. The van der Waals surface area contributed by atoms with E-state index in [1.54, 1.807) is 6.92 Å².